The lowest BCUT2D eigenvalue weighted by atomic mass is 10.1. The molecule has 2 N–H and O–H groups in total. The van der Waals surface area contributed by atoms with Gasteiger partial charge in [-0.25, -0.2) is 9.37 Å². The summed E-state index contributed by atoms with van der Waals surface area (Å²) >= 11 is 5.92. The Labute approximate surface area is 207 Å². The van der Waals surface area contributed by atoms with Crippen molar-refractivity contribution in [2.45, 2.75) is 19.5 Å². The molecular formula is C27H25ClFN5O. The number of benzene rings is 2. The van der Waals surface area contributed by atoms with Crippen LogP contribution < -0.4 is 5.32 Å². The van der Waals surface area contributed by atoms with Gasteiger partial charge < -0.3 is 14.9 Å². The summed E-state index contributed by atoms with van der Waals surface area (Å²) in [5, 5.41) is 4.39. The maximum absolute atomic E-state index is 13.4. The summed E-state index contributed by atoms with van der Waals surface area (Å²) in [6.07, 6.45) is 10.4. The molecule has 0 amide bonds. The van der Waals surface area contributed by atoms with Crippen LogP contribution in [-0.4, -0.2) is 32.9 Å². The number of hydrogen-bond acceptors (Lipinski definition) is 4. The maximum Gasteiger partial charge on any atom is 0.150 e. The van der Waals surface area contributed by atoms with E-state index in [2.05, 4.69) is 44.5 Å². The summed E-state index contributed by atoms with van der Waals surface area (Å²) in [5.41, 5.74) is 5.33. The number of rotatable bonds is 7. The highest BCUT2D eigenvalue weighted by Gasteiger charge is 2.07. The van der Waals surface area contributed by atoms with Gasteiger partial charge in [0, 0.05) is 72.0 Å². The normalized spacial score (nSPS) is 10.7. The first kappa shape index (κ1) is 24.3. The molecule has 0 aliphatic carbocycles. The standard InChI is InChI=1S/C17H15N3O.C10H10ClFN2/c21-12-16-5-6-19-17(10-16)9-14-1-3-15(4-2-14)11-20-8-7-18-13-20;1-13-4-6-2-7-8(11)5-14-10(7)3-9(6)12/h1-8,10,12-13H,9,11H2;2-3,5,13-14H,4H2,1H3. The molecule has 0 saturated heterocycles. The van der Waals surface area contributed by atoms with Gasteiger partial charge in [0.15, 0.2) is 0 Å². The van der Waals surface area contributed by atoms with Gasteiger partial charge in [-0.1, -0.05) is 35.9 Å². The van der Waals surface area contributed by atoms with Crippen molar-refractivity contribution in [1.82, 2.24) is 24.8 Å². The van der Waals surface area contributed by atoms with Crippen LogP contribution in [0.25, 0.3) is 10.9 Å². The molecule has 6 nitrogen and oxygen atoms in total. The van der Waals surface area contributed by atoms with E-state index >= 15 is 0 Å². The number of H-pyrrole nitrogens is 1. The predicted octanol–water partition coefficient (Wildman–Crippen LogP) is 5.41. The summed E-state index contributed by atoms with van der Waals surface area (Å²) in [4.78, 5) is 22.0. The summed E-state index contributed by atoms with van der Waals surface area (Å²) in [6.45, 7) is 1.32. The third-order valence-corrected chi connectivity index (χ3v) is 5.79. The second-order valence-corrected chi connectivity index (χ2v) is 8.49. The lowest BCUT2D eigenvalue weighted by molar-refractivity contribution is 0.112. The van der Waals surface area contributed by atoms with Crippen LogP contribution in [0, 0.1) is 5.82 Å². The van der Waals surface area contributed by atoms with Crippen LogP contribution in [0.1, 0.15) is 32.7 Å². The molecule has 0 radical (unpaired) electrons. The number of aromatic amines is 1. The molecule has 0 atom stereocenters. The average molecular weight is 490 g/mol. The molecule has 0 fully saturated rings. The van der Waals surface area contributed by atoms with Gasteiger partial charge in [-0.2, -0.15) is 0 Å². The molecule has 178 valence electrons. The highest BCUT2D eigenvalue weighted by molar-refractivity contribution is 6.35. The number of pyridine rings is 1. The number of aromatic nitrogens is 4. The Bertz CT molecular complexity index is 1400. The zero-order valence-corrected chi connectivity index (χ0v) is 20.0. The van der Waals surface area contributed by atoms with Crippen LogP contribution in [0.2, 0.25) is 5.02 Å². The molecule has 5 aromatic rings. The Balaban J connectivity index is 0.000000179. The van der Waals surface area contributed by atoms with E-state index in [0.717, 1.165) is 35.8 Å². The first-order chi connectivity index (χ1) is 17.1. The minimum atomic E-state index is -0.217. The molecular weight excluding hydrogens is 465 g/mol. The number of carbonyl (C=O) groups excluding carboxylic acids is 1. The summed E-state index contributed by atoms with van der Waals surface area (Å²) in [7, 11) is 1.78. The van der Waals surface area contributed by atoms with E-state index in [0.29, 0.717) is 22.7 Å². The molecule has 0 aliphatic rings. The number of aldehydes is 1. The first-order valence-corrected chi connectivity index (χ1v) is 11.5. The Morgan fingerprint density at radius 2 is 1.91 bits per heavy atom. The Hall–Kier alpha value is -3.81. The van der Waals surface area contributed by atoms with Crippen molar-refractivity contribution >= 4 is 28.8 Å². The van der Waals surface area contributed by atoms with E-state index in [1.165, 1.54) is 17.2 Å². The fourth-order valence-electron chi connectivity index (χ4n) is 3.71. The quantitative estimate of drug-likeness (QED) is 0.300. The van der Waals surface area contributed by atoms with Crippen LogP contribution in [0.4, 0.5) is 4.39 Å². The minimum absolute atomic E-state index is 0.217. The van der Waals surface area contributed by atoms with E-state index in [1.54, 1.807) is 37.8 Å². The predicted molar refractivity (Wildman–Crippen MR) is 136 cm³/mol. The van der Waals surface area contributed by atoms with Crippen molar-refractivity contribution in [3.8, 4) is 0 Å². The number of fused-ring (bicyclic) bond motifs is 1. The van der Waals surface area contributed by atoms with E-state index < -0.39 is 0 Å². The van der Waals surface area contributed by atoms with Crippen LogP contribution in [0.15, 0.2) is 79.6 Å². The zero-order chi connectivity index (χ0) is 24.6. The van der Waals surface area contributed by atoms with E-state index in [9.17, 15) is 9.18 Å². The van der Waals surface area contributed by atoms with Gasteiger partial charge in [-0.3, -0.25) is 9.78 Å². The molecule has 5 rings (SSSR count). The third kappa shape index (κ3) is 6.41. The van der Waals surface area contributed by atoms with Crippen LogP contribution in [0.3, 0.4) is 0 Å². The van der Waals surface area contributed by atoms with Gasteiger partial charge >= 0.3 is 0 Å². The number of imidazole rings is 1. The molecule has 2 aromatic carbocycles. The van der Waals surface area contributed by atoms with Gasteiger partial charge in [0.25, 0.3) is 0 Å². The molecule has 3 heterocycles. The highest BCUT2D eigenvalue weighted by Crippen LogP contribution is 2.25. The van der Waals surface area contributed by atoms with Gasteiger partial charge in [-0.15, -0.1) is 0 Å². The molecule has 0 bridgehead atoms. The summed E-state index contributed by atoms with van der Waals surface area (Å²) in [5.74, 6) is -0.217. The average Bonchev–Trinajstić information content (AvgIpc) is 3.51. The van der Waals surface area contributed by atoms with E-state index in [4.69, 9.17) is 11.6 Å². The molecule has 8 heteroatoms. The van der Waals surface area contributed by atoms with Gasteiger partial charge in [0.05, 0.1) is 11.3 Å². The molecule has 0 unspecified atom stereocenters. The summed E-state index contributed by atoms with van der Waals surface area (Å²) in [6, 6.07) is 15.2. The van der Waals surface area contributed by atoms with Crippen molar-refractivity contribution < 1.29 is 9.18 Å². The highest BCUT2D eigenvalue weighted by atomic mass is 35.5. The number of carbonyl (C=O) groups is 1. The largest absolute Gasteiger partial charge is 0.360 e. The third-order valence-electron chi connectivity index (χ3n) is 5.47. The van der Waals surface area contributed by atoms with Crippen molar-refractivity contribution in [2.75, 3.05) is 7.05 Å². The molecule has 0 saturated carbocycles. The maximum atomic E-state index is 13.4. The number of nitrogens with zero attached hydrogens (tertiary/aromatic N) is 3. The number of nitrogens with one attached hydrogen (secondary N) is 2. The smallest absolute Gasteiger partial charge is 0.150 e. The Kier molecular flexibility index (Phi) is 8.03. The van der Waals surface area contributed by atoms with Crippen LogP contribution >= 0.6 is 11.6 Å². The van der Waals surface area contributed by atoms with Gasteiger partial charge in [0.2, 0.25) is 0 Å². The SMILES string of the molecule is CNCc1cc2c(Cl)c[nH]c2cc1F.O=Cc1ccnc(Cc2ccc(Cn3ccnc3)cc2)c1. The number of halogens is 2. The van der Waals surface area contributed by atoms with Crippen molar-refractivity contribution in [3.05, 3.63) is 118 Å². The van der Waals surface area contributed by atoms with Crippen LogP contribution in [0.5, 0.6) is 0 Å². The Morgan fingerprint density at radius 1 is 1.11 bits per heavy atom. The second-order valence-electron chi connectivity index (χ2n) is 8.08. The molecule has 0 aliphatic heterocycles. The minimum Gasteiger partial charge on any atom is -0.360 e. The zero-order valence-electron chi connectivity index (χ0n) is 19.2. The van der Waals surface area contributed by atoms with E-state index in [1.807, 2.05) is 23.2 Å². The number of hydrogen-bond donors (Lipinski definition) is 2. The fraction of sp³-hybridized carbons (Fsp3) is 0.148. The lowest BCUT2D eigenvalue weighted by Crippen LogP contribution is -2.06. The van der Waals surface area contributed by atoms with Crippen molar-refractivity contribution in [2.24, 2.45) is 0 Å². The van der Waals surface area contributed by atoms with Crippen molar-refractivity contribution in [3.63, 3.8) is 0 Å². The molecule has 3 aromatic heterocycles. The van der Waals surface area contributed by atoms with E-state index in [-0.39, 0.29) is 5.82 Å². The Morgan fingerprint density at radius 3 is 2.63 bits per heavy atom. The lowest BCUT2D eigenvalue weighted by Gasteiger charge is -2.05. The fourth-order valence-corrected chi connectivity index (χ4v) is 3.92. The molecule has 35 heavy (non-hydrogen) atoms. The van der Waals surface area contributed by atoms with Crippen molar-refractivity contribution in [1.29, 1.82) is 0 Å². The second kappa shape index (κ2) is 11.6. The topological polar surface area (TPSA) is 75.6 Å². The summed E-state index contributed by atoms with van der Waals surface area (Å²) < 4.78 is 15.4. The van der Waals surface area contributed by atoms with Gasteiger partial charge in [-0.05, 0) is 42.4 Å². The first-order valence-electron chi connectivity index (χ1n) is 11.1. The molecule has 0 spiro atoms. The van der Waals surface area contributed by atoms with Crippen LogP contribution in [-0.2, 0) is 19.5 Å². The van der Waals surface area contributed by atoms with Gasteiger partial charge in [0.1, 0.15) is 12.1 Å². The monoisotopic (exact) mass is 489 g/mol.